The van der Waals surface area contributed by atoms with Crippen LogP contribution in [0.3, 0.4) is 0 Å². The Labute approximate surface area is 436 Å². The van der Waals surface area contributed by atoms with Gasteiger partial charge < -0.3 is 8.98 Å². The van der Waals surface area contributed by atoms with Crippen molar-refractivity contribution < 1.29 is 4.42 Å². The molecule has 4 heterocycles. The van der Waals surface area contributed by atoms with Crippen LogP contribution in [-0.4, -0.2) is 14.5 Å². The molecule has 15 aromatic rings. The summed E-state index contributed by atoms with van der Waals surface area (Å²) in [7, 11) is 0. The maximum Gasteiger partial charge on any atom is 0.160 e. The van der Waals surface area contributed by atoms with Gasteiger partial charge in [0.2, 0.25) is 0 Å². The second-order valence-corrected chi connectivity index (χ2v) is 20.3. The molecule has 0 amide bonds. The lowest BCUT2D eigenvalue weighted by Gasteiger charge is -2.12. The molecule has 0 bridgehead atoms. The van der Waals surface area contributed by atoms with Crippen molar-refractivity contribution in [2.45, 2.75) is 0 Å². The molecular weight excluding hydrogens is 931 g/mol. The summed E-state index contributed by atoms with van der Waals surface area (Å²) in [5, 5.41) is 5.63. The third kappa shape index (κ3) is 7.27. The first-order valence-corrected chi connectivity index (χ1v) is 26.2. The lowest BCUT2D eigenvalue weighted by Crippen LogP contribution is -1.94. The number of fused-ring (bicyclic) bond motifs is 9. The third-order valence-electron chi connectivity index (χ3n) is 14.8. The fraction of sp³-hybridized carbons (Fsp3) is 0. The largest absolute Gasteiger partial charge is 0.455 e. The predicted octanol–water partition coefficient (Wildman–Crippen LogP) is 19.5. The van der Waals surface area contributed by atoms with Gasteiger partial charge >= 0.3 is 0 Å². The van der Waals surface area contributed by atoms with Crippen molar-refractivity contribution in [2.24, 2.45) is 0 Å². The van der Waals surface area contributed by atoms with Crippen molar-refractivity contribution >= 4 is 75.4 Å². The molecular formula is C70H43N3OS. The third-order valence-corrected chi connectivity index (χ3v) is 16.0. The van der Waals surface area contributed by atoms with Crippen LogP contribution in [0.1, 0.15) is 0 Å². The molecule has 4 aromatic heterocycles. The standard InChI is InChI=1S/C70H43N3OS/c1-5-18-44(19-6-1)47-34-36-61-59(42-47)65-55(29-17-32-62(65)73(61)54-26-11-4-12-27-54)49-24-15-25-50(38-49)70-71-66(58-31-16-30-57-56-28-13-14-33-63(56)74-68(57)58)69-67(72-70)60-43-48(35-37-64(60)75-69)53-40-51(45-20-7-2-8-21-45)39-52(41-53)46-22-9-3-10-23-46/h1-43H. The highest BCUT2D eigenvalue weighted by atomic mass is 32.1. The molecule has 0 spiro atoms. The zero-order valence-corrected chi connectivity index (χ0v) is 41.3. The first-order chi connectivity index (χ1) is 37.2. The lowest BCUT2D eigenvalue weighted by molar-refractivity contribution is 0.670. The van der Waals surface area contributed by atoms with E-state index in [0.29, 0.717) is 5.82 Å². The number of hydrogen-bond donors (Lipinski definition) is 0. The van der Waals surface area contributed by atoms with Gasteiger partial charge in [-0.05, 0) is 134 Å². The van der Waals surface area contributed by atoms with E-state index in [1.807, 2.05) is 12.1 Å². The average molecular weight is 974 g/mol. The molecule has 350 valence electrons. The molecule has 11 aromatic carbocycles. The van der Waals surface area contributed by atoms with Crippen LogP contribution in [0.15, 0.2) is 265 Å². The van der Waals surface area contributed by atoms with Crippen molar-refractivity contribution in [3.05, 3.63) is 261 Å². The molecule has 0 aliphatic heterocycles. The monoisotopic (exact) mass is 973 g/mol. The molecule has 0 aliphatic carbocycles. The summed E-state index contributed by atoms with van der Waals surface area (Å²) >= 11 is 1.74. The van der Waals surface area contributed by atoms with E-state index in [0.717, 1.165) is 98.0 Å². The van der Waals surface area contributed by atoms with Crippen LogP contribution in [0.25, 0.3) is 148 Å². The van der Waals surface area contributed by atoms with Gasteiger partial charge in [-0.3, -0.25) is 0 Å². The fourth-order valence-electron chi connectivity index (χ4n) is 11.3. The Balaban J connectivity index is 0.950. The number of furan rings is 1. The Kier molecular flexibility index (Phi) is 10.0. The minimum Gasteiger partial charge on any atom is -0.455 e. The smallest absolute Gasteiger partial charge is 0.160 e. The molecule has 0 N–H and O–H groups in total. The SMILES string of the molecule is c1ccc(-c2cc(-c3ccccc3)cc(-c3ccc4sc5c(-c6cccc7c6oc6ccccc67)nc(-c6cccc(-c7cccc8c7c7cc(-c9ccccc9)ccc7n8-c7ccccc7)c6)nc5c4c3)c2)cc1. The summed E-state index contributed by atoms with van der Waals surface area (Å²) in [5.74, 6) is 0.653. The highest BCUT2D eigenvalue weighted by Crippen LogP contribution is 2.46. The first-order valence-electron chi connectivity index (χ1n) is 25.4. The molecule has 0 aliphatic rings. The molecule has 4 nitrogen and oxygen atoms in total. The highest BCUT2D eigenvalue weighted by Gasteiger charge is 2.23. The van der Waals surface area contributed by atoms with Crippen molar-refractivity contribution in [1.29, 1.82) is 0 Å². The zero-order valence-electron chi connectivity index (χ0n) is 40.5. The number of nitrogens with zero attached hydrogens (tertiary/aromatic N) is 3. The number of para-hydroxylation sites is 3. The second kappa shape index (κ2) is 17.5. The number of rotatable bonds is 8. The zero-order chi connectivity index (χ0) is 49.4. The summed E-state index contributed by atoms with van der Waals surface area (Å²) in [4.78, 5) is 11.2. The van der Waals surface area contributed by atoms with Crippen molar-refractivity contribution in [3.8, 4) is 84.0 Å². The molecule has 0 saturated carbocycles. The number of benzene rings is 11. The van der Waals surface area contributed by atoms with Crippen LogP contribution in [0.2, 0.25) is 0 Å². The van der Waals surface area contributed by atoms with Gasteiger partial charge in [0, 0.05) is 48.4 Å². The van der Waals surface area contributed by atoms with Crippen molar-refractivity contribution in [2.75, 3.05) is 0 Å². The van der Waals surface area contributed by atoms with E-state index in [1.54, 1.807) is 11.3 Å². The van der Waals surface area contributed by atoms with E-state index in [1.165, 1.54) is 44.2 Å². The quantitative estimate of drug-likeness (QED) is 0.152. The van der Waals surface area contributed by atoms with Gasteiger partial charge in [-0.25, -0.2) is 9.97 Å². The molecule has 0 unspecified atom stereocenters. The van der Waals surface area contributed by atoms with Crippen LogP contribution in [0, 0.1) is 0 Å². The number of aromatic nitrogens is 3. The summed E-state index contributed by atoms with van der Waals surface area (Å²) in [6.07, 6.45) is 0. The lowest BCUT2D eigenvalue weighted by atomic mass is 9.93. The minimum absolute atomic E-state index is 0.653. The van der Waals surface area contributed by atoms with E-state index < -0.39 is 0 Å². The normalized spacial score (nSPS) is 11.7. The van der Waals surface area contributed by atoms with E-state index >= 15 is 0 Å². The maximum absolute atomic E-state index is 6.74. The Bertz CT molecular complexity index is 4630. The predicted molar refractivity (Wildman–Crippen MR) is 315 cm³/mol. The minimum atomic E-state index is 0.653. The average Bonchev–Trinajstić information content (AvgIpc) is 4.17. The molecule has 0 saturated heterocycles. The van der Waals surface area contributed by atoms with Gasteiger partial charge in [0.15, 0.2) is 5.82 Å². The first kappa shape index (κ1) is 43.0. The topological polar surface area (TPSA) is 43.9 Å². The van der Waals surface area contributed by atoms with Crippen LogP contribution >= 0.6 is 11.3 Å². The summed E-state index contributed by atoms with van der Waals surface area (Å²) in [5.41, 5.74) is 20.3. The van der Waals surface area contributed by atoms with Crippen LogP contribution in [0.5, 0.6) is 0 Å². The maximum atomic E-state index is 6.74. The second-order valence-electron chi connectivity index (χ2n) is 19.2. The Morgan fingerprint density at radius 2 is 0.893 bits per heavy atom. The van der Waals surface area contributed by atoms with Crippen LogP contribution in [-0.2, 0) is 0 Å². The van der Waals surface area contributed by atoms with E-state index in [2.05, 4.69) is 253 Å². The summed E-state index contributed by atoms with van der Waals surface area (Å²) < 4.78 is 11.3. The van der Waals surface area contributed by atoms with Crippen molar-refractivity contribution in [1.82, 2.24) is 14.5 Å². The van der Waals surface area contributed by atoms with Gasteiger partial charge in [-0.1, -0.05) is 182 Å². The molecule has 5 heteroatoms. The summed E-state index contributed by atoms with van der Waals surface area (Å²) in [6.45, 7) is 0. The number of hydrogen-bond acceptors (Lipinski definition) is 4. The Morgan fingerprint density at radius 1 is 0.347 bits per heavy atom. The molecule has 0 fully saturated rings. The Morgan fingerprint density at radius 3 is 1.64 bits per heavy atom. The van der Waals surface area contributed by atoms with Crippen LogP contribution in [0.4, 0.5) is 0 Å². The molecule has 15 rings (SSSR count). The van der Waals surface area contributed by atoms with E-state index in [4.69, 9.17) is 14.4 Å². The van der Waals surface area contributed by atoms with E-state index in [-0.39, 0.29) is 0 Å². The Hall–Kier alpha value is -9.68. The summed E-state index contributed by atoms with van der Waals surface area (Å²) in [6, 6.07) is 93.5. The van der Waals surface area contributed by atoms with Gasteiger partial charge in [0.25, 0.3) is 0 Å². The molecule has 0 radical (unpaired) electrons. The van der Waals surface area contributed by atoms with Gasteiger partial charge in [-0.15, -0.1) is 11.3 Å². The van der Waals surface area contributed by atoms with Crippen molar-refractivity contribution in [3.63, 3.8) is 0 Å². The molecule has 0 atom stereocenters. The highest BCUT2D eigenvalue weighted by molar-refractivity contribution is 7.26. The van der Waals surface area contributed by atoms with Crippen LogP contribution < -0.4 is 0 Å². The van der Waals surface area contributed by atoms with Gasteiger partial charge in [-0.2, -0.15) is 0 Å². The van der Waals surface area contributed by atoms with E-state index in [9.17, 15) is 0 Å². The fourth-order valence-corrected chi connectivity index (χ4v) is 12.4. The molecule has 75 heavy (non-hydrogen) atoms. The number of thiophene rings is 1. The van der Waals surface area contributed by atoms with Gasteiger partial charge in [0.1, 0.15) is 11.2 Å². The van der Waals surface area contributed by atoms with Gasteiger partial charge in [0.05, 0.1) is 26.9 Å².